The summed E-state index contributed by atoms with van der Waals surface area (Å²) >= 11 is 0. The molecule has 1 atom stereocenters. The van der Waals surface area contributed by atoms with E-state index in [1.54, 1.807) is 0 Å². The van der Waals surface area contributed by atoms with Crippen molar-refractivity contribution in [3.05, 3.63) is 171 Å². The molecule has 3 nitrogen and oxygen atoms in total. The fourth-order valence-corrected chi connectivity index (χ4v) is 4.45. The molecule has 3 aromatic carbocycles. The summed E-state index contributed by atoms with van der Waals surface area (Å²) in [5.74, 6) is 2.17. The van der Waals surface area contributed by atoms with Gasteiger partial charge in [0.05, 0.1) is 5.92 Å². The van der Waals surface area contributed by atoms with Gasteiger partial charge in [0.1, 0.15) is 18.2 Å². The molecule has 6 rings (SSSR count). The normalized spacial score (nSPS) is 20.1. The van der Waals surface area contributed by atoms with Gasteiger partial charge in [-0.25, -0.2) is 4.99 Å². The van der Waals surface area contributed by atoms with Gasteiger partial charge in [0.2, 0.25) is 0 Å². The van der Waals surface area contributed by atoms with E-state index in [-0.39, 0.29) is 23.1 Å². The Morgan fingerprint density at radius 3 is 1.69 bits per heavy atom. The Bertz CT molecular complexity index is 1040. The third-order valence-corrected chi connectivity index (χ3v) is 6.21. The molecule has 2 aliphatic carbocycles. The molecule has 3 aliphatic rings. The van der Waals surface area contributed by atoms with Crippen molar-refractivity contribution in [2.75, 3.05) is 6.61 Å². The van der Waals surface area contributed by atoms with Gasteiger partial charge >= 0.3 is 17.1 Å². The molecule has 0 unspecified atom stereocenters. The molecule has 1 N–H and O–H groups in total. The largest absolute Gasteiger partial charge is 2.00 e. The van der Waals surface area contributed by atoms with Crippen molar-refractivity contribution in [1.82, 2.24) is 0 Å². The minimum absolute atomic E-state index is 0. The molecule has 1 aliphatic heterocycles. The molecular formula is C32H27FeNO2+2. The van der Waals surface area contributed by atoms with Gasteiger partial charge in [0.25, 0.3) is 0 Å². The summed E-state index contributed by atoms with van der Waals surface area (Å²) < 4.78 is 6.01. The molecule has 0 aromatic heterocycles. The molecule has 2 fully saturated rings. The van der Waals surface area contributed by atoms with Crippen LogP contribution in [-0.4, -0.2) is 17.6 Å². The number of hydrogen-bond acceptors (Lipinski definition) is 3. The van der Waals surface area contributed by atoms with Crippen molar-refractivity contribution in [3.63, 3.8) is 0 Å². The van der Waals surface area contributed by atoms with E-state index in [2.05, 4.69) is 12.1 Å². The van der Waals surface area contributed by atoms with Crippen LogP contribution in [0, 0.1) is 63.2 Å². The zero-order chi connectivity index (χ0) is 23.9. The van der Waals surface area contributed by atoms with Gasteiger partial charge in [-0.15, -0.1) is 0 Å². The monoisotopic (exact) mass is 513 g/mol. The minimum Gasteiger partial charge on any atom is -0.478 e. The maximum Gasteiger partial charge on any atom is 2.00 e. The standard InChI is InChI=1S/C27H22NO2.C5H5.Fe/c29-27(21-13-6-2-7-14-21,22-15-8-3-9-16-22)24-18-10-17-23(24)26-28-25(19-30-26)20-11-4-1-5-12-20;1-2-4-5-3-1;/h1-18,25,29H,19H2;1-5H;/q;;+2/t25-;;/m1../s1. The maximum atomic E-state index is 12.1. The first-order chi connectivity index (χ1) is 17.3. The van der Waals surface area contributed by atoms with E-state index in [9.17, 15) is 5.11 Å². The van der Waals surface area contributed by atoms with Crippen LogP contribution in [0.4, 0.5) is 0 Å². The molecule has 178 valence electrons. The van der Waals surface area contributed by atoms with Crippen LogP contribution in [0.15, 0.2) is 96.0 Å². The zero-order valence-corrected chi connectivity index (χ0v) is 20.8. The second-order valence-corrected chi connectivity index (χ2v) is 8.43. The molecule has 3 aromatic rings. The average Bonchev–Trinajstić information content (AvgIpc) is 3.73. The van der Waals surface area contributed by atoms with Gasteiger partial charge in [-0.3, -0.25) is 0 Å². The summed E-state index contributed by atoms with van der Waals surface area (Å²) in [5.41, 5.74) is 1.43. The van der Waals surface area contributed by atoms with E-state index in [0.29, 0.717) is 12.5 Å². The van der Waals surface area contributed by atoms with Crippen LogP contribution in [0.25, 0.3) is 0 Å². The van der Waals surface area contributed by atoms with Gasteiger partial charge in [-0.05, 0) is 68.1 Å². The number of aliphatic hydroxyl groups is 1. The number of aliphatic imine (C=N–C) groups is 1. The van der Waals surface area contributed by atoms with Crippen LogP contribution >= 0.6 is 0 Å². The third kappa shape index (κ3) is 5.78. The number of benzene rings is 3. The van der Waals surface area contributed by atoms with Gasteiger partial charge in [0, 0.05) is 5.92 Å². The van der Waals surface area contributed by atoms with Crippen molar-refractivity contribution in [2.45, 2.75) is 11.6 Å². The van der Waals surface area contributed by atoms with Crippen molar-refractivity contribution >= 4 is 5.90 Å². The molecular weight excluding hydrogens is 486 g/mol. The van der Waals surface area contributed by atoms with E-state index in [1.165, 1.54) is 0 Å². The fourth-order valence-electron chi connectivity index (χ4n) is 4.45. The summed E-state index contributed by atoms with van der Waals surface area (Å²) in [5, 5.41) is 12.1. The van der Waals surface area contributed by atoms with Crippen molar-refractivity contribution in [2.24, 2.45) is 4.99 Å². The third-order valence-electron chi connectivity index (χ3n) is 6.21. The van der Waals surface area contributed by atoms with Crippen LogP contribution in [0.1, 0.15) is 22.7 Å². The summed E-state index contributed by atoms with van der Waals surface area (Å²) in [4.78, 5) is 4.85. The number of hydrogen-bond donors (Lipinski definition) is 1. The summed E-state index contributed by atoms with van der Waals surface area (Å²) in [6.45, 7) is 0.499. The van der Waals surface area contributed by atoms with Crippen molar-refractivity contribution in [1.29, 1.82) is 0 Å². The predicted molar refractivity (Wildman–Crippen MR) is 139 cm³/mol. The van der Waals surface area contributed by atoms with E-state index >= 15 is 0 Å². The van der Waals surface area contributed by atoms with E-state index < -0.39 is 5.60 Å². The number of rotatable bonds is 5. The maximum absolute atomic E-state index is 12.1. The van der Waals surface area contributed by atoms with Crippen LogP contribution in [-0.2, 0) is 27.4 Å². The molecule has 1 heterocycles. The van der Waals surface area contributed by atoms with Crippen molar-refractivity contribution < 1.29 is 26.9 Å². The predicted octanol–water partition coefficient (Wildman–Crippen LogP) is 5.89. The van der Waals surface area contributed by atoms with Crippen LogP contribution in [0.2, 0.25) is 0 Å². The Morgan fingerprint density at radius 1 is 0.667 bits per heavy atom. The first kappa shape index (κ1) is 26.7. The number of ether oxygens (including phenoxy) is 1. The van der Waals surface area contributed by atoms with E-state index in [4.69, 9.17) is 9.73 Å². The Balaban J connectivity index is 0.000000455. The summed E-state index contributed by atoms with van der Waals surface area (Å²) in [7, 11) is 0. The fraction of sp³-hybridized carbons (Fsp3) is 0.0938. The summed E-state index contributed by atoms with van der Waals surface area (Å²) in [6, 6.07) is 29.6. The minimum atomic E-state index is -1.31. The Kier molecular flexibility index (Phi) is 9.42. The van der Waals surface area contributed by atoms with Crippen LogP contribution in [0.5, 0.6) is 0 Å². The molecule has 0 amide bonds. The average molecular weight is 513 g/mol. The van der Waals surface area contributed by atoms with E-state index in [1.807, 2.05) is 130 Å². The van der Waals surface area contributed by atoms with Gasteiger partial charge in [-0.1, -0.05) is 91.0 Å². The molecule has 0 spiro atoms. The van der Waals surface area contributed by atoms with Crippen LogP contribution in [0.3, 0.4) is 0 Å². The molecule has 10 radical (unpaired) electrons. The molecule has 0 saturated heterocycles. The summed E-state index contributed by atoms with van der Waals surface area (Å²) in [6.07, 6.45) is 15.9. The zero-order valence-electron chi connectivity index (χ0n) is 19.7. The second-order valence-electron chi connectivity index (χ2n) is 8.43. The SMILES string of the molecule is OC([C]1[CH][CH][CH][C]1C1=N[C@@H](c2ccccc2)CO1)(c1ccccc1)c1ccccc1.[CH]1[CH][CH][CH][CH]1.[Fe+2]. The molecule has 0 bridgehead atoms. The molecule has 2 saturated carbocycles. The molecule has 36 heavy (non-hydrogen) atoms. The quantitative estimate of drug-likeness (QED) is 0.433. The van der Waals surface area contributed by atoms with Gasteiger partial charge in [0.15, 0.2) is 5.90 Å². The van der Waals surface area contributed by atoms with Gasteiger partial charge in [-0.2, -0.15) is 0 Å². The Hall–Kier alpha value is -2.39. The van der Waals surface area contributed by atoms with Gasteiger partial charge < -0.3 is 9.84 Å². The van der Waals surface area contributed by atoms with E-state index in [0.717, 1.165) is 28.5 Å². The first-order valence-corrected chi connectivity index (χ1v) is 11.8. The second kappa shape index (κ2) is 12.7. The van der Waals surface area contributed by atoms with Crippen molar-refractivity contribution in [3.8, 4) is 0 Å². The smallest absolute Gasteiger partial charge is 0.478 e. The molecule has 4 heteroatoms. The topological polar surface area (TPSA) is 41.8 Å². The van der Waals surface area contributed by atoms with Crippen LogP contribution < -0.4 is 0 Å². The first-order valence-electron chi connectivity index (χ1n) is 11.8. The number of nitrogens with zero attached hydrogens (tertiary/aromatic N) is 1. The Labute approximate surface area is 226 Å². The Morgan fingerprint density at radius 2 is 1.17 bits per heavy atom.